The maximum Gasteiger partial charge on any atom is 0.248 e. The first-order valence-electron chi connectivity index (χ1n) is 9.38. The van der Waals surface area contributed by atoms with Crippen molar-refractivity contribution in [3.63, 3.8) is 0 Å². The van der Waals surface area contributed by atoms with Crippen LogP contribution < -0.4 is 15.8 Å². The van der Waals surface area contributed by atoms with E-state index < -0.39 is 5.91 Å². The number of nitrogens with two attached hydrogens (primary N) is 1. The first-order chi connectivity index (χ1) is 15.7. The van der Waals surface area contributed by atoms with Gasteiger partial charge in [-0.25, -0.2) is 0 Å². The lowest BCUT2D eigenvalue weighted by molar-refractivity contribution is -0.113. The topological polar surface area (TPSA) is 126 Å². The highest BCUT2D eigenvalue weighted by Crippen LogP contribution is 2.24. The van der Waals surface area contributed by atoms with E-state index in [0.29, 0.717) is 27.8 Å². The summed E-state index contributed by atoms with van der Waals surface area (Å²) in [6.45, 7) is 0. The zero-order chi connectivity index (χ0) is 24.4. The minimum atomic E-state index is -0.563. The van der Waals surface area contributed by atoms with Crippen molar-refractivity contribution < 1.29 is 19.4 Å². The van der Waals surface area contributed by atoms with E-state index >= 15 is 0 Å². The summed E-state index contributed by atoms with van der Waals surface area (Å²) in [5.74, 6) is 0.127. The Labute approximate surface area is 205 Å². The molecule has 0 unspecified atom stereocenters. The second-order valence-electron chi connectivity index (χ2n) is 6.42. The molecule has 7 nitrogen and oxygen atoms in total. The fourth-order valence-electron chi connectivity index (χ4n) is 2.45. The number of hydrogen-bond acceptors (Lipinski definition) is 6. The summed E-state index contributed by atoms with van der Waals surface area (Å²) in [7, 11) is 1.53. The molecule has 0 aliphatic rings. The van der Waals surface area contributed by atoms with Crippen molar-refractivity contribution in [1.82, 2.24) is 0 Å². The molecule has 0 saturated heterocycles. The molecular weight excluding hydrogens is 485 g/mol. The number of aromatic hydroxyl groups is 1. The van der Waals surface area contributed by atoms with Crippen molar-refractivity contribution in [3.8, 4) is 11.5 Å². The van der Waals surface area contributed by atoms with E-state index in [-0.39, 0.29) is 22.2 Å². The molecule has 33 heavy (non-hydrogen) atoms. The Balaban J connectivity index is 0.000000294. The Hall–Kier alpha value is -3.20. The van der Waals surface area contributed by atoms with Gasteiger partial charge in [0.05, 0.1) is 17.9 Å². The van der Waals surface area contributed by atoms with Crippen LogP contribution in [-0.4, -0.2) is 36.0 Å². The van der Waals surface area contributed by atoms with E-state index in [9.17, 15) is 9.59 Å². The molecule has 0 spiro atoms. The maximum atomic E-state index is 12.0. The van der Waals surface area contributed by atoms with E-state index in [4.69, 9.17) is 44.2 Å². The Morgan fingerprint density at radius 3 is 2.39 bits per heavy atom. The van der Waals surface area contributed by atoms with Crippen LogP contribution >= 0.6 is 35.0 Å². The third-order valence-corrected chi connectivity index (χ3v) is 5.66. The van der Waals surface area contributed by atoms with Gasteiger partial charge in [-0.1, -0.05) is 23.2 Å². The van der Waals surface area contributed by atoms with Gasteiger partial charge in [0.15, 0.2) is 0 Å². The molecule has 5 N–H and O–H groups in total. The lowest BCUT2D eigenvalue weighted by Gasteiger charge is -2.09. The number of rotatable bonds is 7. The highest BCUT2D eigenvalue weighted by Gasteiger charge is 2.07. The summed E-state index contributed by atoms with van der Waals surface area (Å²) >= 11 is 12.8. The number of amides is 2. The lowest BCUT2D eigenvalue weighted by Crippen LogP contribution is -2.14. The average molecular weight is 506 g/mol. The number of phenols is 1. The largest absolute Gasteiger partial charge is 0.506 e. The summed E-state index contributed by atoms with van der Waals surface area (Å²) < 4.78 is 5.18. The third kappa shape index (κ3) is 8.34. The number of carbonyl (C=O) groups excluding carboxylic acids is 2. The fraction of sp³-hybridized carbons (Fsp3) is 0.0870. The number of benzene rings is 3. The van der Waals surface area contributed by atoms with E-state index in [1.807, 2.05) is 12.1 Å². The van der Waals surface area contributed by atoms with E-state index in [2.05, 4.69) is 5.32 Å². The van der Waals surface area contributed by atoms with Crippen molar-refractivity contribution in [2.75, 3.05) is 18.2 Å². The van der Waals surface area contributed by atoms with Crippen LogP contribution in [-0.2, 0) is 4.79 Å². The summed E-state index contributed by atoms with van der Waals surface area (Å²) in [5, 5.41) is 19.8. The maximum absolute atomic E-state index is 12.0. The van der Waals surface area contributed by atoms with Crippen molar-refractivity contribution in [2.24, 2.45) is 5.73 Å². The van der Waals surface area contributed by atoms with Gasteiger partial charge in [-0.3, -0.25) is 9.59 Å². The number of hydrogen-bond donors (Lipinski definition) is 4. The quantitative estimate of drug-likeness (QED) is 0.258. The molecular formula is C23H21Cl2N3O4S. The predicted molar refractivity (Wildman–Crippen MR) is 133 cm³/mol. The summed E-state index contributed by atoms with van der Waals surface area (Å²) in [5.41, 5.74) is 6.54. The van der Waals surface area contributed by atoms with Crippen molar-refractivity contribution in [1.29, 1.82) is 5.41 Å². The number of ether oxygens (including phenoxy) is 1. The van der Waals surface area contributed by atoms with Gasteiger partial charge in [-0.2, -0.15) is 0 Å². The minimum Gasteiger partial charge on any atom is -0.506 e. The van der Waals surface area contributed by atoms with Crippen LogP contribution in [0.25, 0.3) is 0 Å². The molecule has 0 bridgehead atoms. The number of carbonyl (C=O) groups is 2. The van der Waals surface area contributed by atoms with Gasteiger partial charge < -0.3 is 26.3 Å². The van der Waals surface area contributed by atoms with Gasteiger partial charge in [-0.05, 0) is 54.6 Å². The van der Waals surface area contributed by atoms with E-state index in [1.54, 1.807) is 30.3 Å². The van der Waals surface area contributed by atoms with Gasteiger partial charge >= 0.3 is 0 Å². The number of thioether (sulfide) groups is 1. The molecule has 0 atom stereocenters. The van der Waals surface area contributed by atoms with Crippen LogP contribution in [0.1, 0.15) is 15.9 Å². The van der Waals surface area contributed by atoms with Crippen LogP contribution in [0, 0.1) is 5.41 Å². The van der Waals surface area contributed by atoms with Crippen LogP contribution in [0.2, 0.25) is 10.0 Å². The van der Waals surface area contributed by atoms with Gasteiger partial charge in [0.25, 0.3) is 0 Å². The molecule has 0 fully saturated rings. The SMILES string of the molecule is COc1cc(NC(=O)CSc2ccc(Cl)cc2)ccc1C=N.NC(=O)c1ccc(O)c(Cl)c1. The van der Waals surface area contributed by atoms with Gasteiger partial charge in [0, 0.05) is 39.0 Å². The highest BCUT2D eigenvalue weighted by atomic mass is 35.5. The second-order valence-corrected chi connectivity index (χ2v) is 8.31. The van der Waals surface area contributed by atoms with Gasteiger partial charge in [0.2, 0.25) is 11.8 Å². The van der Waals surface area contributed by atoms with E-state index in [1.165, 1.54) is 43.3 Å². The Morgan fingerprint density at radius 1 is 1.12 bits per heavy atom. The molecule has 10 heteroatoms. The summed E-state index contributed by atoms with van der Waals surface area (Å²) in [6, 6.07) is 16.6. The molecule has 172 valence electrons. The molecule has 0 saturated carbocycles. The van der Waals surface area contributed by atoms with Crippen LogP contribution in [0.3, 0.4) is 0 Å². The minimum absolute atomic E-state index is 0.0586. The third-order valence-electron chi connectivity index (χ3n) is 4.09. The predicted octanol–water partition coefficient (Wildman–Crippen LogP) is 5.22. The molecule has 3 aromatic carbocycles. The molecule has 0 aliphatic heterocycles. The molecule has 2 amide bonds. The fourth-order valence-corrected chi connectivity index (χ4v) is 3.45. The van der Waals surface area contributed by atoms with Gasteiger partial charge in [-0.15, -0.1) is 11.8 Å². The summed E-state index contributed by atoms with van der Waals surface area (Å²) in [4.78, 5) is 23.5. The van der Waals surface area contributed by atoms with Crippen molar-refractivity contribution >= 4 is 58.7 Å². The first-order valence-corrected chi connectivity index (χ1v) is 11.1. The van der Waals surface area contributed by atoms with Gasteiger partial charge in [0.1, 0.15) is 11.5 Å². The Morgan fingerprint density at radius 2 is 1.82 bits per heavy atom. The molecule has 0 aliphatic carbocycles. The normalized spacial score (nSPS) is 9.91. The number of nitrogens with one attached hydrogen (secondary N) is 2. The number of halogens is 2. The zero-order valence-corrected chi connectivity index (χ0v) is 19.8. The molecule has 0 aromatic heterocycles. The van der Waals surface area contributed by atoms with Crippen molar-refractivity contribution in [2.45, 2.75) is 4.90 Å². The van der Waals surface area contributed by atoms with Crippen molar-refractivity contribution in [3.05, 3.63) is 81.8 Å². The first kappa shape index (κ1) is 26.1. The zero-order valence-electron chi connectivity index (χ0n) is 17.5. The van der Waals surface area contributed by atoms with E-state index in [0.717, 1.165) is 4.90 Å². The summed E-state index contributed by atoms with van der Waals surface area (Å²) in [6.07, 6.45) is 1.21. The Kier molecular flexibility index (Phi) is 10.1. The standard InChI is InChI=1S/C16H15ClN2O2S.C7H6ClNO2/c1-21-15-8-13(5-2-11(15)9-18)19-16(20)10-22-14-6-3-12(17)4-7-14;8-5-3-4(7(9)11)1-2-6(5)10/h2-9,18H,10H2,1H3,(H,19,20);1-3,10H,(H2,9,11). The second kappa shape index (κ2) is 12.7. The molecule has 3 rings (SSSR count). The number of phenolic OH excluding ortho intramolecular Hbond substituents is 1. The number of methoxy groups -OCH3 is 1. The Bertz CT molecular complexity index is 1140. The lowest BCUT2D eigenvalue weighted by atomic mass is 10.2. The van der Waals surface area contributed by atoms with Crippen LogP contribution in [0.15, 0.2) is 65.6 Å². The number of primary amides is 1. The smallest absolute Gasteiger partial charge is 0.248 e. The molecule has 3 aromatic rings. The average Bonchev–Trinajstić information content (AvgIpc) is 2.80. The van der Waals surface area contributed by atoms with Crippen LogP contribution in [0.5, 0.6) is 11.5 Å². The monoisotopic (exact) mass is 505 g/mol. The number of anilines is 1. The molecule has 0 heterocycles. The molecule has 0 radical (unpaired) electrons. The highest BCUT2D eigenvalue weighted by molar-refractivity contribution is 8.00. The van der Waals surface area contributed by atoms with Crippen LogP contribution in [0.4, 0.5) is 5.69 Å².